The first-order chi connectivity index (χ1) is 10.6. The van der Waals surface area contributed by atoms with Crippen molar-refractivity contribution in [2.75, 3.05) is 6.54 Å². The fourth-order valence-electron chi connectivity index (χ4n) is 2.79. The Morgan fingerprint density at radius 2 is 1.59 bits per heavy atom. The number of carbonyl (C=O) groups is 1. The van der Waals surface area contributed by atoms with Crippen LogP contribution in [0.5, 0.6) is 0 Å². The summed E-state index contributed by atoms with van der Waals surface area (Å²) >= 11 is 0. The Kier molecular flexibility index (Phi) is 3.98. The van der Waals surface area contributed by atoms with Gasteiger partial charge < -0.3 is 4.74 Å². The van der Waals surface area contributed by atoms with Crippen molar-refractivity contribution >= 4 is 5.78 Å². The minimum atomic E-state index is -0.584. The Labute approximate surface area is 127 Å². The molecule has 22 heavy (non-hydrogen) atoms. The van der Waals surface area contributed by atoms with E-state index in [0.29, 0.717) is 5.56 Å². The van der Waals surface area contributed by atoms with Crippen LogP contribution in [0.1, 0.15) is 40.1 Å². The first kappa shape index (κ1) is 14.4. The molecule has 3 rings (SSSR count). The van der Waals surface area contributed by atoms with E-state index in [4.69, 9.17) is 4.74 Å². The number of rotatable bonds is 5. The molecule has 5 heteroatoms. The summed E-state index contributed by atoms with van der Waals surface area (Å²) in [6.07, 6.45) is -0.816. The van der Waals surface area contributed by atoms with Crippen molar-refractivity contribution in [2.45, 2.75) is 18.6 Å². The molecule has 1 aliphatic heterocycles. The highest BCUT2D eigenvalue weighted by molar-refractivity contribution is 5.96. The number of carbonyl (C=O) groups excluding carboxylic acids is 1. The van der Waals surface area contributed by atoms with Gasteiger partial charge in [-0.15, -0.1) is 0 Å². The highest BCUT2D eigenvalue weighted by Crippen LogP contribution is 2.41. The summed E-state index contributed by atoms with van der Waals surface area (Å²) in [4.78, 5) is 22.7. The van der Waals surface area contributed by atoms with Crippen molar-refractivity contribution < 1.29 is 14.5 Å². The lowest BCUT2D eigenvalue weighted by Gasteiger charge is -2.11. The van der Waals surface area contributed by atoms with Crippen LogP contribution in [0.25, 0.3) is 0 Å². The van der Waals surface area contributed by atoms with Crippen LogP contribution in [0.15, 0.2) is 54.6 Å². The van der Waals surface area contributed by atoms with E-state index in [9.17, 15) is 14.9 Å². The minimum absolute atomic E-state index is 0.0258. The van der Waals surface area contributed by atoms with Gasteiger partial charge in [0.25, 0.3) is 0 Å². The van der Waals surface area contributed by atoms with Crippen molar-refractivity contribution in [3.8, 4) is 0 Å². The van der Waals surface area contributed by atoms with Crippen LogP contribution in [0, 0.1) is 10.1 Å². The Bertz CT molecular complexity index is 699. The molecule has 0 amide bonds. The molecule has 2 atom stereocenters. The fraction of sp³-hybridized carbons (Fsp3) is 0.235. The summed E-state index contributed by atoms with van der Waals surface area (Å²) in [5.41, 5.74) is 2.31. The minimum Gasteiger partial charge on any atom is -0.358 e. The van der Waals surface area contributed by atoms with Crippen molar-refractivity contribution in [1.29, 1.82) is 0 Å². The maximum Gasteiger partial charge on any atom is 0.233 e. The van der Waals surface area contributed by atoms with Gasteiger partial charge >= 0.3 is 0 Å². The highest BCUT2D eigenvalue weighted by atomic mass is 16.6. The van der Waals surface area contributed by atoms with Gasteiger partial charge in [0.2, 0.25) is 6.54 Å². The van der Waals surface area contributed by atoms with Crippen LogP contribution in [0.2, 0.25) is 0 Å². The van der Waals surface area contributed by atoms with Crippen LogP contribution in [-0.2, 0) is 4.74 Å². The monoisotopic (exact) mass is 297 g/mol. The maximum atomic E-state index is 12.3. The number of nitrogens with zero attached hydrogens (tertiary/aromatic N) is 1. The summed E-state index contributed by atoms with van der Waals surface area (Å²) in [5.74, 6) is -0.0258. The number of ether oxygens (including phenoxy) is 1. The third kappa shape index (κ3) is 2.89. The summed E-state index contributed by atoms with van der Waals surface area (Å²) in [6, 6.07) is 16.4. The Morgan fingerprint density at radius 1 is 1.00 bits per heavy atom. The first-order valence-electron chi connectivity index (χ1n) is 7.09. The number of hydrogen-bond donors (Lipinski definition) is 0. The topological polar surface area (TPSA) is 69.4 Å². The molecule has 2 aromatic carbocycles. The van der Waals surface area contributed by atoms with Gasteiger partial charge in [0.05, 0.1) is 6.10 Å². The predicted octanol–water partition coefficient (Wildman–Crippen LogP) is 3.35. The molecular weight excluding hydrogens is 282 g/mol. The number of nitro groups is 1. The Balaban J connectivity index is 1.81. The average Bonchev–Trinajstić information content (AvgIpc) is 2.86. The number of hydrogen-bond acceptors (Lipinski definition) is 4. The highest BCUT2D eigenvalue weighted by Gasteiger charge is 2.35. The Morgan fingerprint density at radius 3 is 2.23 bits per heavy atom. The van der Waals surface area contributed by atoms with Crippen LogP contribution in [-0.4, -0.2) is 17.3 Å². The quantitative estimate of drug-likeness (QED) is 0.482. The molecule has 0 saturated heterocycles. The summed E-state index contributed by atoms with van der Waals surface area (Å²) < 4.78 is 5.77. The van der Waals surface area contributed by atoms with E-state index >= 15 is 0 Å². The summed E-state index contributed by atoms with van der Waals surface area (Å²) in [5, 5.41) is 10.8. The zero-order valence-electron chi connectivity index (χ0n) is 11.8. The molecular formula is C17H15NO4. The lowest BCUT2D eigenvalue weighted by atomic mass is 9.97. The molecule has 0 aliphatic carbocycles. The van der Waals surface area contributed by atoms with Crippen molar-refractivity contribution in [3.63, 3.8) is 0 Å². The predicted molar refractivity (Wildman–Crippen MR) is 80.3 cm³/mol. The van der Waals surface area contributed by atoms with Crippen LogP contribution < -0.4 is 0 Å². The first-order valence-corrected chi connectivity index (χ1v) is 7.09. The second-order valence-electron chi connectivity index (χ2n) is 5.25. The lowest BCUT2D eigenvalue weighted by molar-refractivity contribution is -0.492. The number of fused-ring (bicyclic) bond motifs is 1. The zero-order chi connectivity index (χ0) is 15.5. The van der Waals surface area contributed by atoms with Crippen molar-refractivity contribution in [3.05, 3.63) is 81.4 Å². The third-order valence-electron chi connectivity index (χ3n) is 3.80. The molecule has 5 nitrogen and oxygen atoms in total. The van der Waals surface area contributed by atoms with Gasteiger partial charge in [-0.1, -0.05) is 54.6 Å². The average molecular weight is 297 g/mol. The summed E-state index contributed by atoms with van der Waals surface area (Å²) in [6.45, 7) is -0.285. The van der Waals surface area contributed by atoms with E-state index in [1.807, 2.05) is 42.5 Å². The molecule has 1 heterocycles. The molecule has 0 N–H and O–H groups in total. The molecule has 0 bridgehead atoms. The van der Waals surface area contributed by atoms with E-state index in [1.54, 1.807) is 12.1 Å². The molecule has 112 valence electrons. The van der Waals surface area contributed by atoms with E-state index in [1.165, 1.54) is 0 Å². The van der Waals surface area contributed by atoms with E-state index in [2.05, 4.69) is 0 Å². The number of Topliss-reactive ketones (excluding diaryl/α,β-unsaturated/α-hetero) is 1. The zero-order valence-corrected chi connectivity index (χ0v) is 11.8. The second-order valence-corrected chi connectivity index (χ2v) is 5.25. The molecule has 0 spiro atoms. The largest absolute Gasteiger partial charge is 0.358 e. The molecule has 0 fully saturated rings. The fourth-order valence-corrected chi connectivity index (χ4v) is 2.79. The normalized spacial score (nSPS) is 19.6. The van der Waals surface area contributed by atoms with Gasteiger partial charge in [0, 0.05) is 16.9 Å². The molecule has 0 saturated carbocycles. The van der Waals surface area contributed by atoms with Crippen LogP contribution >= 0.6 is 0 Å². The van der Waals surface area contributed by atoms with E-state index in [-0.39, 0.29) is 23.7 Å². The molecule has 2 unspecified atom stereocenters. The molecule has 0 radical (unpaired) electrons. The van der Waals surface area contributed by atoms with Gasteiger partial charge in [-0.2, -0.15) is 0 Å². The summed E-state index contributed by atoms with van der Waals surface area (Å²) in [7, 11) is 0. The number of ketones is 1. The molecule has 1 aliphatic rings. The smallest absolute Gasteiger partial charge is 0.233 e. The second kappa shape index (κ2) is 6.07. The third-order valence-corrected chi connectivity index (χ3v) is 3.80. The van der Waals surface area contributed by atoms with E-state index < -0.39 is 12.2 Å². The van der Waals surface area contributed by atoms with Gasteiger partial charge in [-0.05, 0) is 11.1 Å². The SMILES string of the molecule is O=C(CC1OC(C[N+](=O)[O-])c2ccccc21)c1ccccc1. The van der Waals surface area contributed by atoms with Gasteiger partial charge in [-0.25, -0.2) is 0 Å². The van der Waals surface area contributed by atoms with E-state index in [0.717, 1.165) is 11.1 Å². The van der Waals surface area contributed by atoms with Gasteiger partial charge in [0.1, 0.15) is 6.10 Å². The molecule has 2 aromatic rings. The van der Waals surface area contributed by atoms with Crippen molar-refractivity contribution in [2.24, 2.45) is 0 Å². The molecule has 0 aromatic heterocycles. The van der Waals surface area contributed by atoms with Gasteiger partial charge in [-0.3, -0.25) is 14.9 Å². The maximum absolute atomic E-state index is 12.3. The Hall–Kier alpha value is -2.53. The van der Waals surface area contributed by atoms with Crippen LogP contribution in [0.4, 0.5) is 0 Å². The van der Waals surface area contributed by atoms with Crippen LogP contribution in [0.3, 0.4) is 0 Å². The standard InChI is InChI=1S/C17H15NO4/c19-15(12-6-2-1-3-7-12)10-16-13-8-4-5-9-14(13)17(22-16)11-18(20)21/h1-9,16-17H,10-11H2. The van der Waals surface area contributed by atoms with Crippen molar-refractivity contribution in [1.82, 2.24) is 0 Å². The lowest BCUT2D eigenvalue weighted by Crippen LogP contribution is -2.13. The number of benzene rings is 2. The van der Waals surface area contributed by atoms with Gasteiger partial charge in [0.15, 0.2) is 5.78 Å².